The van der Waals surface area contributed by atoms with Gasteiger partial charge in [0.15, 0.2) is 0 Å². The number of methoxy groups -OCH3 is 1. The normalized spacial score (nSPS) is 38.1. The fourth-order valence-electron chi connectivity index (χ4n) is 1.40. The first kappa shape index (κ1) is 8.83. The Balaban J connectivity index is 2.43. The van der Waals surface area contributed by atoms with Gasteiger partial charge in [0, 0.05) is 7.11 Å². The lowest BCUT2D eigenvalue weighted by atomic mass is 9.88. The van der Waals surface area contributed by atoms with Gasteiger partial charge in [-0.05, 0) is 25.7 Å². The molecule has 0 amide bonds. The molecule has 0 saturated heterocycles. The molecule has 1 aliphatic carbocycles. The Bertz CT molecular complexity index is 167. The fraction of sp³-hybridized carbons (Fsp3) is 0.875. The van der Waals surface area contributed by atoms with Crippen molar-refractivity contribution in [1.29, 1.82) is 5.26 Å². The standard InChI is InChI=1S/C8H12ClNO/c1-11-7-2-4-8(9,6-10)5-3-7/h7H,2-5H2,1H3. The van der Waals surface area contributed by atoms with Crippen LogP contribution in [0.2, 0.25) is 0 Å². The number of alkyl halides is 1. The average molecular weight is 174 g/mol. The minimum atomic E-state index is -0.602. The molecule has 0 aromatic carbocycles. The second-order valence-corrected chi connectivity index (χ2v) is 3.74. The van der Waals surface area contributed by atoms with Gasteiger partial charge in [-0.25, -0.2) is 0 Å². The molecule has 0 spiro atoms. The Morgan fingerprint density at radius 1 is 1.55 bits per heavy atom. The molecular weight excluding hydrogens is 162 g/mol. The van der Waals surface area contributed by atoms with Crippen LogP contribution in [0.25, 0.3) is 0 Å². The molecule has 0 unspecified atom stereocenters. The van der Waals surface area contributed by atoms with Crippen LogP contribution in [0.3, 0.4) is 0 Å². The van der Waals surface area contributed by atoms with Crippen molar-refractivity contribution in [2.75, 3.05) is 7.11 Å². The zero-order valence-corrected chi connectivity index (χ0v) is 7.40. The number of rotatable bonds is 1. The second kappa shape index (κ2) is 3.42. The molecule has 1 fully saturated rings. The Morgan fingerprint density at radius 3 is 2.45 bits per heavy atom. The van der Waals surface area contributed by atoms with E-state index < -0.39 is 4.87 Å². The summed E-state index contributed by atoms with van der Waals surface area (Å²) in [4.78, 5) is -0.602. The van der Waals surface area contributed by atoms with Gasteiger partial charge < -0.3 is 4.74 Å². The fourth-order valence-corrected chi connectivity index (χ4v) is 1.61. The van der Waals surface area contributed by atoms with Crippen molar-refractivity contribution in [3.8, 4) is 6.07 Å². The Morgan fingerprint density at radius 2 is 2.09 bits per heavy atom. The zero-order chi connectivity index (χ0) is 8.32. The van der Waals surface area contributed by atoms with Gasteiger partial charge in [0.2, 0.25) is 0 Å². The van der Waals surface area contributed by atoms with E-state index in [-0.39, 0.29) is 0 Å². The Kier molecular flexibility index (Phi) is 2.75. The molecule has 0 aliphatic heterocycles. The van der Waals surface area contributed by atoms with Crippen LogP contribution < -0.4 is 0 Å². The van der Waals surface area contributed by atoms with Crippen LogP contribution in [0, 0.1) is 11.3 Å². The van der Waals surface area contributed by atoms with Crippen molar-refractivity contribution in [1.82, 2.24) is 0 Å². The third-order valence-corrected chi connectivity index (χ3v) is 2.72. The van der Waals surface area contributed by atoms with Gasteiger partial charge in [0.05, 0.1) is 12.2 Å². The maximum absolute atomic E-state index is 8.69. The third kappa shape index (κ3) is 2.08. The molecular formula is C8H12ClNO. The minimum Gasteiger partial charge on any atom is -0.381 e. The molecule has 1 rings (SSSR count). The van der Waals surface area contributed by atoms with E-state index in [1.807, 2.05) is 0 Å². The number of nitriles is 1. The molecule has 11 heavy (non-hydrogen) atoms. The molecule has 0 radical (unpaired) electrons. The van der Waals surface area contributed by atoms with E-state index in [1.54, 1.807) is 7.11 Å². The van der Waals surface area contributed by atoms with Crippen LogP contribution in [0.15, 0.2) is 0 Å². The molecule has 0 N–H and O–H groups in total. The van der Waals surface area contributed by atoms with Crippen LogP contribution in [0.4, 0.5) is 0 Å². The lowest BCUT2D eigenvalue weighted by Gasteiger charge is -2.29. The van der Waals surface area contributed by atoms with E-state index >= 15 is 0 Å². The van der Waals surface area contributed by atoms with Gasteiger partial charge in [-0.15, -0.1) is 11.6 Å². The van der Waals surface area contributed by atoms with Crippen LogP contribution in [-0.4, -0.2) is 18.1 Å². The van der Waals surface area contributed by atoms with Crippen molar-refractivity contribution < 1.29 is 4.74 Å². The van der Waals surface area contributed by atoms with E-state index in [0.717, 1.165) is 25.7 Å². The molecule has 0 aromatic rings. The quantitative estimate of drug-likeness (QED) is 0.569. The van der Waals surface area contributed by atoms with Gasteiger partial charge in [-0.1, -0.05) is 0 Å². The molecule has 3 heteroatoms. The molecule has 0 bridgehead atoms. The van der Waals surface area contributed by atoms with E-state index in [0.29, 0.717) is 6.10 Å². The van der Waals surface area contributed by atoms with Crippen molar-refractivity contribution in [3.63, 3.8) is 0 Å². The van der Waals surface area contributed by atoms with E-state index in [1.165, 1.54) is 0 Å². The number of hydrogen-bond acceptors (Lipinski definition) is 2. The van der Waals surface area contributed by atoms with Crippen LogP contribution in [0.5, 0.6) is 0 Å². The lowest BCUT2D eigenvalue weighted by Crippen LogP contribution is -2.29. The highest BCUT2D eigenvalue weighted by molar-refractivity contribution is 6.25. The number of halogens is 1. The van der Waals surface area contributed by atoms with Gasteiger partial charge in [-0.2, -0.15) is 5.26 Å². The summed E-state index contributed by atoms with van der Waals surface area (Å²) in [6.45, 7) is 0. The molecule has 0 aromatic heterocycles. The highest BCUT2D eigenvalue weighted by Crippen LogP contribution is 2.34. The van der Waals surface area contributed by atoms with Crippen LogP contribution in [0.1, 0.15) is 25.7 Å². The Labute approximate surface area is 72.1 Å². The number of nitrogens with zero attached hydrogens (tertiary/aromatic N) is 1. The smallest absolute Gasteiger partial charge is 0.131 e. The predicted molar refractivity (Wildman–Crippen MR) is 43.5 cm³/mol. The minimum absolute atomic E-state index is 0.315. The predicted octanol–water partition coefficient (Wildman–Crippen LogP) is 2.08. The van der Waals surface area contributed by atoms with Crippen molar-refractivity contribution >= 4 is 11.6 Å². The van der Waals surface area contributed by atoms with Crippen molar-refractivity contribution in [3.05, 3.63) is 0 Å². The van der Waals surface area contributed by atoms with E-state index in [4.69, 9.17) is 21.6 Å². The van der Waals surface area contributed by atoms with Gasteiger partial charge in [0.1, 0.15) is 4.87 Å². The van der Waals surface area contributed by atoms with Crippen LogP contribution >= 0.6 is 11.6 Å². The highest BCUT2D eigenvalue weighted by Gasteiger charge is 2.33. The summed E-state index contributed by atoms with van der Waals surface area (Å²) in [5, 5.41) is 8.69. The van der Waals surface area contributed by atoms with Gasteiger partial charge in [0.25, 0.3) is 0 Å². The SMILES string of the molecule is COC1CCC(Cl)(C#N)CC1. The molecule has 2 nitrogen and oxygen atoms in total. The lowest BCUT2D eigenvalue weighted by molar-refractivity contribution is 0.0666. The summed E-state index contributed by atoms with van der Waals surface area (Å²) in [5.41, 5.74) is 0. The zero-order valence-electron chi connectivity index (χ0n) is 6.64. The van der Waals surface area contributed by atoms with E-state index in [2.05, 4.69) is 6.07 Å². The summed E-state index contributed by atoms with van der Waals surface area (Å²) >= 11 is 5.97. The first-order valence-electron chi connectivity index (χ1n) is 3.83. The highest BCUT2D eigenvalue weighted by atomic mass is 35.5. The van der Waals surface area contributed by atoms with Gasteiger partial charge in [-0.3, -0.25) is 0 Å². The first-order chi connectivity index (χ1) is 5.20. The molecule has 0 atom stereocenters. The monoisotopic (exact) mass is 173 g/mol. The largest absolute Gasteiger partial charge is 0.381 e. The molecule has 1 saturated carbocycles. The Hall–Kier alpha value is -0.260. The molecule has 62 valence electrons. The first-order valence-corrected chi connectivity index (χ1v) is 4.21. The van der Waals surface area contributed by atoms with Gasteiger partial charge >= 0.3 is 0 Å². The maximum atomic E-state index is 8.69. The van der Waals surface area contributed by atoms with Crippen LogP contribution in [-0.2, 0) is 4.74 Å². The second-order valence-electron chi connectivity index (χ2n) is 3.01. The average Bonchev–Trinajstić information content (AvgIpc) is 2.06. The maximum Gasteiger partial charge on any atom is 0.131 e. The molecule has 1 aliphatic rings. The summed E-state index contributed by atoms with van der Waals surface area (Å²) in [6.07, 6.45) is 3.64. The summed E-state index contributed by atoms with van der Waals surface area (Å²) in [7, 11) is 1.71. The molecule has 0 heterocycles. The van der Waals surface area contributed by atoms with Crippen molar-refractivity contribution in [2.24, 2.45) is 0 Å². The summed E-state index contributed by atoms with van der Waals surface area (Å²) in [5.74, 6) is 0. The third-order valence-electron chi connectivity index (χ3n) is 2.26. The van der Waals surface area contributed by atoms with E-state index in [9.17, 15) is 0 Å². The summed E-state index contributed by atoms with van der Waals surface area (Å²) in [6, 6.07) is 2.13. The number of ether oxygens (including phenoxy) is 1. The summed E-state index contributed by atoms with van der Waals surface area (Å²) < 4.78 is 5.16. The number of hydrogen-bond donors (Lipinski definition) is 0. The topological polar surface area (TPSA) is 33.0 Å². The van der Waals surface area contributed by atoms with Crippen molar-refractivity contribution in [2.45, 2.75) is 36.7 Å².